The van der Waals surface area contributed by atoms with Crippen molar-refractivity contribution in [3.05, 3.63) is 18.2 Å². The number of nitrogens with zero attached hydrogens (tertiary/aromatic N) is 2. The SMILES string of the molecule is O=S(=O)(CCl)c1cccc2n[nH]nc12. The molecule has 0 bridgehead atoms. The monoisotopic (exact) mass is 231 g/mol. The second kappa shape index (κ2) is 3.21. The summed E-state index contributed by atoms with van der Waals surface area (Å²) in [5.41, 5.74) is 0.837. The molecule has 0 aliphatic rings. The number of nitrogens with one attached hydrogen (secondary N) is 1. The van der Waals surface area contributed by atoms with Crippen molar-refractivity contribution in [3.8, 4) is 0 Å². The third-order valence-electron chi connectivity index (χ3n) is 1.79. The Kier molecular flexibility index (Phi) is 2.16. The number of hydrogen-bond acceptors (Lipinski definition) is 4. The predicted molar refractivity (Wildman–Crippen MR) is 51.8 cm³/mol. The third-order valence-corrected chi connectivity index (χ3v) is 3.94. The lowest BCUT2D eigenvalue weighted by molar-refractivity contribution is 0.601. The van der Waals surface area contributed by atoms with Gasteiger partial charge >= 0.3 is 0 Å². The summed E-state index contributed by atoms with van der Waals surface area (Å²) in [7, 11) is -3.45. The van der Waals surface area contributed by atoms with Gasteiger partial charge in [0.1, 0.15) is 16.2 Å². The largest absolute Gasteiger partial charge is 0.222 e. The fourth-order valence-electron chi connectivity index (χ4n) is 1.15. The van der Waals surface area contributed by atoms with Crippen molar-refractivity contribution in [1.29, 1.82) is 0 Å². The Balaban J connectivity index is 2.81. The van der Waals surface area contributed by atoms with E-state index in [1.165, 1.54) is 6.07 Å². The number of benzene rings is 1. The maximum absolute atomic E-state index is 11.5. The molecule has 1 heterocycles. The number of fused-ring (bicyclic) bond motifs is 1. The highest BCUT2D eigenvalue weighted by Crippen LogP contribution is 2.20. The van der Waals surface area contributed by atoms with Gasteiger partial charge in [-0.1, -0.05) is 6.07 Å². The maximum Gasteiger partial charge on any atom is 0.194 e. The third kappa shape index (κ3) is 1.36. The molecule has 0 spiro atoms. The molecule has 5 nitrogen and oxygen atoms in total. The lowest BCUT2D eigenvalue weighted by atomic mass is 10.3. The first-order chi connectivity index (χ1) is 6.65. The topological polar surface area (TPSA) is 75.7 Å². The van der Waals surface area contributed by atoms with Gasteiger partial charge in [0.2, 0.25) is 0 Å². The molecule has 0 fully saturated rings. The van der Waals surface area contributed by atoms with E-state index < -0.39 is 15.0 Å². The van der Waals surface area contributed by atoms with E-state index in [4.69, 9.17) is 11.6 Å². The second-order valence-corrected chi connectivity index (χ2v) is 5.21. The molecule has 0 atom stereocenters. The van der Waals surface area contributed by atoms with Crippen molar-refractivity contribution in [1.82, 2.24) is 15.4 Å². The molecular formula is C7H6ClN3O2S. The van der Waals surface area contributed by atoms with Crippen molar-refractivity contribution in [2.45, 2.75) is 4.90 Å². The molecule has 0 saturated heterocycles. The summed E-state index contributed by atoms with van der Waals surface area (Å²) in [6.07, 6.45) is 0. The van der Waals surface area contributed by atoms with E-state index in [0.717, 1.165) is 0 Å². The first-order valence-electron chi connectivity index (χ1n) is 3.73. The Bertz CT molecular complexity index is 563. The highest BCUT2D eigenvalue weighted by Gasteiger charge is 2.17. The maximum atomic E-state index is 11.5. The number of sulfone groups is 1. The summed E-state index contributed by atoms with van der Waals surface area (Å²) in [6.45, 7) is 0. The van der Waals surface area contributed by atoms with Gasteiger partial charge in [0.25, 0.3) is 0 Å². The Labute approximate surface area is 85.0 Å². The van der Waals surface area contributed by atoms with E-state index >= 15 is 0 Å². The number of H-pyrrole nitrogens is 1. The van der Waals surface area contributed by atoms with Crippen molar-refractivity contribution in [2.24, 2.45) is 0 Å². The van der Waals surface area contributed by atoms with Gasteiger partial charge in [0.15, 0.2) is 9.84 Å². The normalized spacial score (nSPS) is 12.1. The fraction of sp³-hybridized carbons (Fsp3) is 0.143. The van der Waals surface area contributed by atoms with Crippen LogP contribution in [0, 0.1) is 0 Å². The first kappa shape index (κ1) is 9.42. The number of rotatable bonds is 2. The summed E-state index contributed by atoms with van der Waals surface area (Å²) in [6, 6.07) is 4.74. The zero-order chi connectivity index (χ0) is 10.2. The molecule has 2 aromatic rings. The number of hydrogen-bond donors (Lipinski definition) is 1. The number of alkyl halides is 1. The van der Waals surface area contributed by atoms with Crippen LogP contribution in [0.5, 0.6) is 0 Å². The van der Waals surface area contributed by atoms with E-state index in [1.54, 1.807) is 12.1 Å². The Morgan fingerprint density at radius 1 is 1.36 bits per heavy atom. The molecule has 0 saturated carbocycles. The molecule has 2 rings (SSSR count). The van der Waals surface area contributed by atoms with Crippen LogP contribution in [0.4, 0.5) is 0 Å². The molecule has 0 aliphatic carbocycles. The van der Waals surface area contributed by atoms with Crippen LogP contribution in [-0.2, 0) is 9.84 Å². The minimum Gasteiger partial charge on any atom is -0.222 e. The zero-order valence-corrected chi connectivity index (χ0v) is 8.51. The van der Waals surface area contributed by atoms with Gasteiger partial charge in [0.05, 0.1) is 4.90 Å². The van der Waals surface area contributed by atoms with Crippen LogP contribution in [0.3, 0.4) is 0 Å². The van der Waals surface area contributed by atoms with Crippen molar-refractivity contribution in [2.75, 3.05) is 5.21 Å². The molecule has 74 valence electrons. The first-order valence-corrected chi connectivity index (χ1v) is 5.92. The average molecular weight is 232 g/mol. The lowest BCUT2D eigenvalue weighted by Crippen LogP contribution is -2.02. The van der Waals surface area contributed by atoms with Gasteiger partial charge < -0.3 is 0 Å². The summed E-state index contributed by atoms with van der Waals surface area (Å²) >= 11 is 5.35. The molecule has 1 aromatic carbocycles. The summed E-state index contributed by atoms with van der Waals surface area (Å²) in [5.74, 6) is 0. The van der Waals surface area contributed by atoms with Crippen molar-refractivity contribution >= 4 is 32.5 Å². The molecule has 0 unspecified atom stereocenters. The Hall–Kier alpha value is -1.14. The molecule has 0 amide bonds. The number of halogens is 1. The quantitative estimate of drug-likeness (QED) is 0.780. The van der Waals surface area contributed by atoms with Crippen LogP contribution < -0.4 is 0 Å². The highest BCUT2D eigenvalue weighted by atomic mass is 35.5. The van der Waals surface area contributed by atoms with Gasteiger partial charge in [-0.3, -0.25) is 0 Å². The zero-order valence-electron chi connectivity index (χ0n) is 6.94. The molecule has 0 aliphatic heterocycles. The van der Waals surface area contributed by atoms with Gasteiger partial charge in [-0.2, -0.15) is 15.4 Å². The Morgan fingerprint density at radius 3 is 2.86 bits per heavy atom. The minimum absolute atomic E-state index is 0.110. The minimum atomic E-state index is -3.45. The smallest absolute Gasteiger partial charge is 0.194 e. The van der Waals surface area contributed by atoms with Crippen LogP contribution >= 0.6 is 11.6 Å². The second-order valence-electron chi connectivity index (χ2n) is 2.67. The predicted octanol–water partition coefficient (Wildman–Crippen LogP) is 0.928. The average Bonchev–Trinajstić information content (AvgIpc) is 2.64. The van der Waals surface area contributed by atoms with Crippen LogP contribution in [0.1, 0.15) is 0 Å². The van der Waals surface area contributed by atoms with Crippen molar-refractivity contribution < 1.29 is 8.42 Å². The van der Waals surface area contributed by atoms with E-state index in [2.05, 4.69) is 15.4 Å². The summed E-state index contributed by atoms with van der Waals surface area (Å²) < 4.78 is 23.0. The van der Waals surface area contributed by atoms with Gasteiger partial charge in [-0.05, 0) is 12.1 Å². The van der Waals surface area contributed by atoms with Gasteiger partial charge in [0, 0.05) is 0 Å². The molecule has 1 aromatic heterocycles. The summed E-state index contributed by atoms with van der Waals surface area (Å²) in [4.78, 5) is 0.110. The lowest BCUT2D eigenvalue weighted by Gasteiger charge is -1.99. The van der Waals surface area contributed by atoms with E-state index in [-0.39, 0.29) is 4.90 Å². The van der Waals surface area contributed by atoms with E-state index in [9.17, 15) is 8.42 Å². The Morgan fingerprint density at radius 2 is 2.14 bits per heavy atom. The van der Waals surface area contributed by atoms with Crippen molar-refractivity contribution in [3.63, 3.8) is 0 Å². The number of aromatic amines is 1. The number of para-hydroxylation sites is 1. The van der Waals surface area contributed by atoms with E-state index in [0.29, 0.717) is 11.0 Å². The van der Waals surface area contributed by atoms with Gasteiger partial charge in [-0.25, -0.2) is 8.42 Å². The molecule has 7 heteroatoms. The molecule has 14 heavy (non-hydrogen) atoms. The van der Waals surface area contributed by atoms with E-state index in [1.807, 2.05) is 0 Å². The van der Waals surface area contributed by atoms with Crippen LogP contribution in [0.25, 0.3) is 11.0 Å². The van der Waals surface area contributed by atoms with Crippen LogP contribution in [0.15, 0.2) is 23.1 Å². The number of aromatic nitrogens is 3. The van der Waals surface area contributed by atoms with Crippen LogP contribution in [-0.4, -0.2) is 29.0 Å². The molecule has 1 N–H and O–H groups in total. The van der Waals surface area contributed by atoms with Crippen LogP contribution in [0.2, 0.25) is 0 Å². The fourth-order valence-corrected chi connectivity index (χ4v) is 2.35. The summed E-state index contributed by atoms with van der Waals surface area (Å²) in [5, 5.41) is 9.45. The van der Waals surface area contributed by atoms with Gasteiger partial charge in [-0.15, -0.1) is 11.6 Å². The molecule has 0 radical (unpaired) electrons. The molecular weight excluding hydrogens is 226 g/mol. The highest BCUT2D eigenvalue weighted by molar-refractivity contribution is 7.92. The standard InChI is InChI=1S/C7H6ClN3O2S/c8-4-14(12,13)6-3-1-2-5-7(6)10-11-9-5/h1-3H,4H2,(H,9,10,11).